The molecule has 5 nitrogen and oxygen atoms in total. The standard InChI is InChI=1S/C16H21N3O2S/c1-4-11(3)17-16-19-15(21)13(22-16)9-14(20)18-12-7-5-10(2)6-8-12/h5-8,11,13H,4,9H2,1-3H3,(H,18,20)(H,17,19,21)/t11-,13-/m1/s1. The zero-order valence-electron chi connectivity index (χ0n) is 13.1. The van der Waals surface area contributed by atoms with Gasteiger partial charge in [0.2, 0.25) is 11.8 Å². The number of rotatable bonds is 5. The minimum absolute atomic E-state index is 0.143. The molecule has 0 saturated carbocycles. The Kier molecular flexibility index (Phi) is 5.60. The van der Waals surface area contributed by atoms with Crippen LogP contribution in [-0.2, 0) is 9.59 Å². The fourth-order valence-corrected chi connectivity index (χ4v) is 2.98. The summed E-state index contributed by atoms with van der Waals surface area (Å²) in [6.07, 6.45) is 1.06. The van der Waals surface area contributed by atoms with Gasteiger partial charge in [0.1, 0.15) is 5.25 Å². The van der Waals surface area contributed by atoms with Crippen LogP contribution in [0.5, 0.6) is 0 Å². The van der Waals surface area contributed by atoms with E-state index >= 15 is 0 Å². The van der Waals surface area contributed by atoms with Gasteiger partial charge in [0.15, 0.2) is 5.17 Å². The number of aliphatic imine (C=N–C) groups is 1. The van der Waals surface area contributed by atoms with Gasteiger partial charge in [0.05, 0.1) is 0 Å². The molecule has 1 aliphatic rings. The van der Waals surface area contributed by atoms with Crippen molar-refractivity contribution < 1.29 is 9.59 Å². The van der Waals surface area contributed by atoms with E-state index in [-0.39, 0.29) is 24.3 Å². The molecule has 0 spiro atoms. The summed E-state index contributed by atoms with van der Waals surface area (Å²) >= 11 is 1.33. The summed E-state index contributed by atoms with van der Waals surface area (Å²) in [5.74, 6) is -0.313. The predicted octanol–water partition coefficient (Wildman–Crippen LogP) is 2.71. The minimum Gasteiger partial charge on any atom is -0.326 e. The van der Waals surface area contributed by atoms with Crippen molar-refractivity contribution in [3.8, 4) is 0 Å². The number of amidine groups is 1. The number of hydrogen-bond acceptors (Lipinski definition) is 4. The molecule has 118 valence electrons. The maximum absolute atomic E-state index is 12.0. The predicted molar refractivity (Wildman–Crippen MR) is 91.1 cm³/mol. The van der Waals surface area contributed by atoms with Crippen molar-refractivity contribution in [3.63, 3.8) is 0 Å². The van der Waals surface area contributed by atoms with E-state index in [1.165, 1.54) is 11.8 Å². The van der Waals surface area contributed by atoms with E-state index in [1.807, 2.05) is 45.0 Å². The lowest BCUT2D eigenvalue weighted by Crippen LogP contribution is -2.28. The minimum atomic E-state index is -0.409. The summed E-state index contributed by atoms with van der Waals surface area (Å²) in [4.78, 5) is 28.3. The van der Waals surface area contributed by atoms with Crippen molar-refractivity contribution in [2.45, 2.75) is 44.9 Å². The third-order valence-electron chi connectivity index (χ3n) is 3.41. The normalized spacial score (nSPS) is 20.8. The number of carbonyl (C=O) groups excluding carboxylic acids is 2. The third kappa shape index (κ3) is 4.59. The molecule has 0 bridgehead atoms. The zero-order chi connectivity index (χ0) is 16.1. The van der Waals surface area contributed by atoms with Crippen LogP contribution in [0.2, 0.25) is 0 Å². The Labute approximate surface area is 135 Å². The van der Waals surface area contributed by atoms with Crippen LogP contribution in [0.4, 0.5) is 5.69 Å². The van der Waals surface area contributed by atoms with E-state index in [9.17, 15) is 9.59 Å². The van der Waals surface area contributed by atoms with E-state index in [4.69, 9.17) is 0 Å². The van der Waals surface area contributed by atoms with E-state index in [0.717, 1.165) is 17.7 Å². The van der Waals surface area contributed by atoms with Crippen LogP contribution in [0.1, 0.15) is 32.3 Å². The summed E-state index contributed by atoms with van der Waals surface area (Å²) in [7, 11) is 0. The van der Waals surface area contributed by atoms with Gasteiger partial charge in [0, 0.05) is 18.2 Å². The van der Waals surface area contributed by atoms with Crippen LogP contribution >= 0.6 is 11.8 Å². The molecular formula is C16H21N3O2S. The Morgan fingerprint density at radius 3 is 2.73 bits per heavy atom. The topological polar surface area (TPSA) is 70.6 Å². The SMILES string of the molecule is CC[C@@H](C)N=C1NC(=O)[C@@H](CC(=O)Nc2ccc(C)cc2)S1. The zero-order valence-corrected chi connectivity index (χ0v) is 13.9. The molecule has 1 aromatic rings. The van der Waals surface area contributed by atoms with Gasteiger partial charge in [-0.05, 0) is 32.4 Å². The molecule has 2 atom stereocenters. The van der Waals surface area contributed by atoms with Crippen molar-refractivity contribution in [1.82, 2.24) is 5.32 Å². The fraction of sp³-hybridized carbons (Fsp3) is 0.438. The van der Waals surface area contributed by atoms with Crippen LogP contribution in [0.25, 0.3) is 0 Å². The molecule has 1 fully saturated rings. The lowest BCUT2D eigenvalue weighted by molar-refractivity contribution is -0.122. The summed E-state index contributed by atoms with van der Waals surface area (Å²) < 4.78 is 0. The number of hydrogen-bond donors (Lipinski definition) is 2. The highest BCUT2D eigenvalue weighted by molar-refractivity contribution is 8.15. The van der Waals surface area contributed by atoms with Crippen molar-refractivity contribution in [1.29, 1.82) is 0 Å². The second-order valence-corrected chi connectivity index (χ2v) is 6.60. The van der Waals surface area contributed by atoms with Gasteiger partial charge in [-0.2, -0.15) is 0 Å². The fourth-order valence-electron chi connectivity index (χ4n) is 1.91. The molecule has 22 heavy (non-hydrogen) atoms. The average molecular weight is 319 g/mol. The first-order valence-electron chi connectivity index (χ1n) is 7.39. The number of aryl methyl sites for hydroxylation is 1. The maximum atomic E-state index is 12.0. The molecular weight excluding hydrogens is 298 g/mol. The van der Waals surface area contributed by atoms with Gasteiger partial charge >= 0.3 is 0 Å². The van der Waals surface area contributed by atoms with Crippen LogP contribution in [-0.4, -0.2) is 28.3 Å². The largest absolute Gasteiger partial charge is 0.326 e. The van der Waals surface area contributed by atoms with E-state index in [0.29, 0.717) is 5.17 Å². The van der Waals surface area contributed by atoms with Crippen LogP contribution in [0, 0.1) is 6.92 Å². The molecule has 1 heterocycles. The Hall–Kier alpha value is -1.82. The number of benzene rings is 1. The first-order valence-corrected chi connectivity index (χ1v) is 8.27. The molecule has 0 radical (unpaired) electrons. The van der Waals surface area contributed by atoms with Crippen molar-refractivity contribution >= 4 is 34.4 Å². The monoisotopic (exact) mass is 319 g/mol. The summed E-state index contributed by atoms with van der Waals surface area (Å²) in [6.45, 7) is 6.03. The van der Waals surface area contributed by atoms with Gasteiger partial charge in [-0.15, -0.1) is 0 Å². The molecule has 1 aliphatic heterocycles. The maximum Gasteiger partial charge on any atom is 0.240 e. The van der Waals surface area contributed by atoms with E-state index < -0.39 is 5.25 Å². The number of nitrogens with zero attached hydrogens (tertiary/aromatic N) is 1. The third-order valence-corrected chi connectivity index (χ3v) is 4.51. The van der Waals surface area contributed by atoms with Crippen LogP contribution in [0.3, 0.4) is 0 Å². The molecule has 0 aromatic heterocycles. The van der Waals surface area contributed by atoms with Crippen molar-refractivity contribution in [2.24, 2.45) is 4.99 Å². The number of anilines is 1. The van der Waals surface area contributed by atoms with Crippen molar-refractivity contribution in [3.05, 3.63) is 29.8 Å². The van der Waals surface area contributed by atoms with Crippen molar-refractivity contribution in [2.75, 3.05) is 5.32 Å². The van der Waals surface area contributed by atoms with Crippen LogP contribution < -0.4 is 10.6 Å². The smallest absolute Gasteiger partial charge is 0.240 e. The molecule has 0 unspecified atom stereocenters. The Balaban J connectivity index is 1.90. The molecule has 6 heteroatoms. The molecule has 0 aliphatic carbocycles. The van der Waals surface area contributed by atoms with E-state index in [2.05, 4.69) is 15.6 Å². The van der Waals surface area contributed by atoms with E-state index in [1.54, 1.807) is 0 Å². The van der Waals surface area contributed by atoms with Crippen LogP contribution in [0.15, 0.2) is 29.3 Å². The Bertz CT molecular complexity index is 584. The highest BCUT2D eigenvalue weighted by Crippen LogP contribution is 2.23. The second kappa shape index (κ2) is 7.45. The highest BCUT2D eigenvalue weighted by Gasteiger charge is 2.32. The Morgan fingerprint density at radius 1 is 1.41 bits per heavy atom. The summed E-state index contributed by atoms with van der Waals surface area (Å²) in [5.41, 5.74) is 1.88. The molecule has 1 saturated heterocycles. The van der Waals surface area contributed by atoms with Gasteiger partial charge in [0.25, 0.3) is 0 Å². The number of carbonyl (C=O) groups is 2. The summed E-state index contributed by atoms with van der Waals surface area (Å²) in [5, 5.41) is 5.76. The Morgan fingerprint density at radius 2 is 2.09 bits per heavy atom. The quantitative estimate of drug-likeness (QED) is 0.876. The molecule has 2 rings (SSSR count). The number of amides is 2. The average Bonchev–Trinajstić information content (AvgIpc) is 2.81. The molecule has 2 N–H and O–H groups in total. The molecule has 1 aromatic carbocycles. The van der Waals surface area contributed by atoms with Gasteiger partial charge in [-0.25, -0.2) is 0 Å². The van der Waals surface area contributed by atoms with Gasteiger partial charge < -0.3 is 10.6 Å². The molecule has 2 amide bonds. The second-order valence-electron chi connectivity index (χ2n) is 5.41. The van der Waals surface area contributed by atoms with Gasteiger partial charge in [-0.3, -0.25) is 14.6 Å². The number of thioether (sulfide) groups is 1. The number of nitrogens with one attached hydrogen (secondary N) is 2. The summed E-state index contributed by atoms with van der Waals surface area (Å²) in [6, 6.07) is 7.74. The lowest BCUT2D eigenvalue weighted by atomic mass is 10.2. The highest BCUT2D eigenvalue weighted by atomic mass is 32.2. The first kappa shape index (κ1) is 16.5. The van der Waals surface area contributed by atoms with Gasteiger partial charge in [-0.1, -0.05) is 36.4 Å². The lowest BCUT2D eigenvalue weighted by Gasteiger charge is -2.07. The first-order chi connectivity index (χ1) is 10.5.